The molecule has 0 bridgehead atoms. The van der Waals surface area contributed by atoms with E-state index in [9.17, 15) is 8.78 Å². The third kappa shape index (κ3) is 2.10. The maximum atomic E-state index is 11.4. The third-order valence-corrected chi connectivity index (χ3v) is 0.923. The fourth-order valence-corrected chi connectivity index (χ4v) is 0.518. The van der Waals surface area contributed by atoms with E-state index in [1.807, 2.05) is 0 Å². The summed E-state index contributed by atoms with van der Waals surface area (Å²) in [5, 5.41) is 6.03. The van der Waals surface area contributed by atoms with Gasteiger partial charge in [-0.3, -0.25) is 5.10 Å². The molecule has 0 radical (unpaired) electrons. The van der Waals surface area contributed by atoms with Gasteiger partial charge in [0, 0.05) is 6.20 Å². The van der Waals surface area contributed by atoms with Gasteiger partial charge in [0.1, 0.15) is 0 Å². The Morgan fingerprint density at radius 2 is 2.50 bits per heavy atom. The zero-order valence-corrected chi connectivity index (χ0v) is 5.05. The summed E-state index contributed by atoms with van der Waals surface area (Å²) in [6.07, 6.45) is 1.48. The fourth-order valence-electron chi connectivity index (χ4n) is 0.518. The molecule has 1 N–H and O–H groups in total. The van der Waals surface area contributed by atoms with Crippen LogP contribution in [0, 0.1) is 0 Å². The lowest BCUT2D eigenvalue weighted by molar-refractivity contribution is -0.137. The van der Waals surface area contributed by atoms with E-state index < -0.39 is 6.61 Å². The van der Waals surface area contributed by atoms with Gasteiger partial charge in [-0.25, -0.2) is 0 Å². The molecule has 1 aromatic heterocycles. The highest BCUT2D eigenvalue weighted by Crippen LogP contribution is 2.00. The normalized spacial score (nSPS) is 10.7. The number of aromatic amines is 1. The maximum Gasteiger partial charge on any atom is 0.345 e. The van der Waals surface area contributed by atoms with Crippen molar-refractivity contribution in [2.24, 2.45) is 0 Å². The van der Waals surface area contributed by atoms with Gasteiger partial charge in [-0.15, -0.1) is 0 Å². The minimum Gasteiger partial charge on any atom is -0.317 e. The predicted molar refractivity (Wildman–Crippen MR) is 29.4 cm³/mol. The number of rotatable bonds is 3. The molecule has 5 heteroatoms. The highest BCUT2D eigenvalue weighted by atomic mass is 19.3. The van der Waals surface area contributed by atoms with Crippen molar-refractivity contribution in [2.75, 3.05) is 0 Å². The maximum absolute atomic E-state index is 11.4. The van der Waals surface area contributed by atoms with E-state index in [0.717, 1.165) is 0 Å². The summed E-state index contributed by atoms with van der Waals surface area (Å²) >= 11 is 0. The van der Waals surface area contributed by atoms with Crippen LogP contribution in [0.1, 0.15) is 5.69 Å². The number of hydrogen-bond donors (Lipinski definition) is 1. The smallest absolute Gasteiger partial charge is 0.317 e. The van der Waals surface area contributed by atoms with Gasteiger partial charge in [0.2, 0.25) is 0 Å². The van der Waals surface area contributed by atoms with Gasteiger partial charge in [0.05, 0.1) is 12.3 Å². The van der Waals surface area contributed by atoms with Gasteiger partial charge in [-0.2, -0.15) is 13.9 Å². The van der Waals surface area contributed by atoms with Crippen LogP contribution in [0.5, 0.6) is 0 Å². The number of H-pyrrole nitrogens is 1. The molecular formula is C5H6F2N2O. The van der Waals surface area contributed by atoms with Crippen LogP contribution in [0.3, 0.4) is 0 Å². The average Bonchev–Trinajstić information content (AvgIpc) is 2.34. The van der Waals surface area contributed by atoms with E-state index in [0.29, 0.717) is 5.69 Å². The Hall–Kier alpha value is -0.970. The molecule has 1 aromatic rings. The number of alkyl halides is 2. The quantitative estimate of drug-likeness (QED) is 0.698. The van der Waals surface area contributed by atoms with Crippen molar-refractivity contribution in [3.63, 3.8) is 0 Å². The van der Waals surface area contributed by atoms with Crippen molar-refractivity contribution in [1.82, 2.24) is 10.2 Å². The summed E-state index contributed by atoms with van der Waals surface area (Å²) in [4.78, 5) is 0. The fraction of sp³-hybridized carbons (Fsp3) is 0.400. The zero-order valence-electron chi connectivity index (χ0n) is 5.05. The second-order valence-electron chi connectivity index (χ2n) is 1.65. The van der Waals surface area contributed by atoms with E-state index in [1.54, 1.807) is 6.07 Å². The van der Waals surface area contributed by atoms with Gasteiger partial charge in [0.15, 0.2) is 0 Å². The minimum absolute atomic E-state index is 0.127. The van der Waals surface area contributed by atoms with Crippen LogP contribution in [0.25, 0.3) is 0 Å². The van der Waals surface area contributed by atoms with Crippen LogP contribution in [0.15, 0.2) is 12.3 Å². The molecule has 0 amide bonds. The first-order chi connectivity index (χ1) is 4.79. The van der Waals surface area contributed by atoms with Gasteiger partial charge in [0.25, 0.3) is 0 Å². The Kier molecular flexibility index (Phi) is 2.33. The highest BCUT2D eigenvalue weighted by Gasteiger charge is 2.01. The van der Waals surface area contributed by atoms with Crippen LogP contribution < -0.4 is 0 Å². The molecule has 0 saturated carbocycles. The number of nitrogens with one attached hydrogen (secondary N) is 1. The summed E-state index contributed by atoms with van der Waals surface area (Å²) in [6.45, 7) is -2.85. The number of aromatic nitrogens is 2. The Morgan fingerprint density at radius 3 is 3.00 bits per heavy atom. The molecule has 0 spiro atoms. The van der Waals surface area contributed by atoms with Crippen LogP contribution in [0.2, 0.25) is 0 Å². The van der Waals surface area contributed by atoms with Crippen molar-refractivity contribution in [3.05, 3.63) is 18.0 Å². The predicted octanol–water partition coefficient (Wildman–Crippen LogP) is 1.15. The third-order valence-electron chi connectivity index (χ3n) is 0.923. The lowest BCUT2D eigenvalue weighted by atomic mass is 10.5. The zero-order chi connectivity index (χ0) is 7.40. The molecule has 0 aliphatic heterocycles. The van der Waals surface area contributed by atoms with Gasteiger partial charge in [-0.1, -0.05) is 0 Å². The van der Waals surface area contributed by atoms with Crippen molar-refractivity contribution >= 4 is 0 Å². The first kappa shape index (κ1) is 7.14. The largest absolute Gasteiger partial charge is 0.345 e. The van der Waals surface area contributed by atoms with Gasteiger partial charge < -0.3 is 4.74 Å². The Morgan fingerprint density at radius 1 is 1.70 bits per heavy atom. The number of ether oxygens (including phenoxy) is 1. The van der Waals surface area contributed by atoms with Gasteiger partial charge >= 0.3 is 6.61 Å². The molecule has 0 aromatic carbocycles. The molecule has 0 fully saturated rings. The summed E-state index contributed by atoms with van der Waals surface area (Å²) in [5.74, 6) is 0. The SMILES string of the molecule is FC(F)OCc1ccn[nH]1. The minimum atomic E-state index is -2.72. The van der Waals surface area contributed by atoms with Crippen LogP contribution in [0.4, 0.5) is 8.78 Å². The second kappa shape index (κ2) is 3.26. The van der Waals surface area contributed by atoms with E-state index in [1.165, 1.54) is 6.20 Å². The number of hydrogen-bond acceptors (Lipinski definition) is 2. The van der Waals surface area contributed by atoms with E-state index in [-0.39, 0.29) is 6.61 Å². The van der Waals surface area contributed by atoms with E-state index in [4.69, 9.17) is 0 Å². The topological polar surface area (TPSA) is 37.9 Å². The molecule has 1 heterocycles. The Bertz CT molecular complexity index is 176. The summed E-state index contributed by atoms with van der Waals surface area (Å²) in [7, 11) is 0. The molecule has 3 nitrogen and oxygen atoms in total. The summed E-state index contributed by atoms with van der Waals surface area (Å²) in [6, 6.07) is 1.57. The molecule has 0 atom stereocenters. The van der Waals surface area contributed by atoms with Crippen LogP contribution in [-0.2, 0) is 11.3 Å². The van der Waals surface area contributed by atoms with Gasteiger partial charge in [-0.05, 0) is 6.07 Å². The molecule has 0 aliphatic carbocycles. The molecule has 56 valence electrons. The standard InChI is InChI=1S/C5H6F2N2O/c6-5(7)10-3-4-1-2-8-9-4/h1-2,5H,3H2,(H,8,9). The highest BCUT2D eigenvalue weighted by molar-refractivity contribution is 4.94. The molecule has 0 saturated heterocycles. The van der Waals surface area contributed by atoms with Crippen molar-refractivity contribution < 1.29 is 13.5 Å². The van der Waals surface area contributed by atoms with Crippen LogP contribution in [-0.4, -0.2) is 16.8 Å². The summed E-state index contributed by atoms with van der Waals surface area (Å²) < 4.78 is 26.7. The molecule has 10 heavy (non-hydrogen) atoms. The van der Waals surface area contributed by atoms with Crippen LogP contribution >= 0.6 is 0 Å². The first-order valence-electron chi connectivity index (χ1n) is 2.67. The second-order valence-corrected chi connectivity index (χ2v) is 1.65. The Balaban J connectivity index is 2.28. The number of nitrogens with zero attached hydrogens (tertiary/aromatic N) is 1. The van der Waals surface area contributed by atoms with Crippen molar-refractivity contribution in [3.8, 4) is 0 Å². The number of halogens is 2. The first-order valence-corrected chi connectivity index (χ1v) is 2.67. The summed E-state index contributed by atoms with van der Waals surface area (Å²) in [5.41, 5.74) is 0.542. The lowest BCUT2D eigenvalue weighted by Crippen LogP contribution is -1.99. The molecule has 0 unspecified atom stereocenters. The lowest BCUT2D eigenvalue weighted by Gasteiger charge is -1.97. The molecule has 1 rings (SSSR count). The Labute approximate surface area is 56.0 Å². The van der Waals surface area contributed by atoms with E-state index >= 15 is 0 Å². The average molecular weight is 148 g/mol. The van der Waals surface area contributed by atoms with Crippen molar-refractivity contribution in [2.45, 2.75) is 13.2 Å². The molecular weight excluding hydrogens is 142 g/mol. The molecule has 0 aliphatic rings. The monoisotopic (exact) mass is 148 g/mol. The van der Waals surface area contributed by atoms with E-state index in [2.05, 4.69) is 14.9 Å². The van der Waals surface area contributed by atoms with Crippen molar-refractivity contribution in [1.29, 1.82) is 0 Å².